The van der Waals surface area contributed by atoms with E-state index in [4.69, 9.17) is 9.47 Å². The number of hydrogen-bond acceptors (Lipinski definition) is 4. The Morgan fingerprint density at radius 3 is 2.58 bits per heavy atom. The summed E-state index contributed by atoms with van der Waals surface area (Å²) in [5.41, 5.74) is 2.93. The number of likely N-dealkylation sites (tertiary alicyclic amines) is 2. The third-order valence-corrected chi connectivity index (χ3v) is 6.63. The van der Waals surface area contributed by atoms with E-state index in [0.717, 1.165) is 24.7 Å². The highest BCUT2D eigenvalue weighted by Crippen LogP contribution is 2.42. The Balaban J connectivity index is 1.42. The van der Waals surface area contributed by atoms with Crippen LogP contribution in [0, 0.1) is 0 Å². The fourth-order valence-electron chi connectivity index (χ4n) is 5.06. The summed E-state index contributed by atoms with van der Waals surface area (Å²) in [4.78, 5) is 5.22. The lowest BCUT2D eigenvalue weighted by Gasteiger charge is -2.33. The van der Waals surface area contributed by atoms with E-state index in [1.54, 1.807) is 7.11 Å². The number of hydrogen-bond donors (Lipinski definition) is 0. The van der Waals surface area contributed by atoms with Crippen molar-refractivity contribution in [3.8, 4) is 11.5 Å². The van der Waals surface area contributed by atoms with Crippen LogP contribution in [0.3, 0.4) is 0 Å². The fourth-order valence-corrected chi connectivity index (χ4v) is 5.06. The summed E-state index contributed by atoms with van der Waals surface area (Å²) >= 11 is 0. The van der Waals surface area contributed by atoms with Crippen molar-refractivity contribution in [2.24, 2.45) is 0 Å². The van der Waals surface area contributed by atoms with E-state index >= 15 is 0 Å². The molecular formula is C22H34N2O2. The van der Waals surface area contributed by atoms with Gasteiger partial charge in [0.1, 0.15) is 6.61 Å². The zero-order chi connectivity index (χ0) is 17.9. The molecule has 2 fully saturated rings. The Morgan fingerprint density at radius 2 is 1.81 bits per heavy atom. The van der Waals surface area contributed by atoms with E-state index < -0.39 is 0 Å². The first kappa shape index (κ1) is 18.1. The van der Waals surface area contributed by atoms with Crippen molar-refractivity contribution in [1.82, 2.24) is 9.80 Å². The van der Waals surface area contributed by atoms with Crippen LogP contribution in [0.15, 0.2) is 12.1 Å². The molecule has 0 amide bonds. The number of piperidine rings is 1. The van der Waals surface area contributed by atoms with Crippen molar-refractivity contribution < 1.29 is 9.47 Å². The number of aryl methyl sites for hydroxylation is 1. The molecular weight excluding hydrogens is 324 g/mol. The lowest BCUT2D eigenvalue weighted by Crippen LogP contribution is -2.39. The maximum atomic E-state index is 6.18. The minimum absolute atomic E-state index is 0.588. The first-order chi connectivity index (χ1) is 12.8. The summed E-state index contributed by atoms with van der Waals surface area (Å²) < 4.78 is 11.9. The highest BCUT2D eigenvalue weighted by atomic mass is 16.5. The average molecular weight is 359 g/mol. The number of benzene rings is 1. The molecule has 2 unspecified atom stereocenters. The van der Waals surface area contributed by atoms with Crippen molar-refractivity contribution in [3.63, 3.8) is 0 Å². The molecule has 4 nitrogen and oxygen atoms in total. The van der Waals surface area contributed by atoms with E-state index in [-0.39, 0.29) is 0 Å². The normalized spacial score (nSPS) is 26.8. The maximum absolute atomic E-state index is 6.18. The quantitative estimate of drug-likeness (QED) is 0.766. The summed E-state index contributed by atoms with van der Waals surface area (Å²) in [5, 5.41) is 0. The predicted octanol–water partition coefficient (Wildman–Crippen LogP) is 4.03. The average Bonchev–Trinajstić information content (AvgIpc) is 3.31. The van der Waals surface area contributed by atoms with Gasteiger partial charge in [-0.1, -0.05) is 6.42 Å². The molecule has 0 radical (unpaired) electrons. The molecule has 0 saturated carbocycles. The Kier molecular flexibility index (Phi) is 5.70. The Labute approximate surface area is 158 Å². The highest BCUT2D eigenvalue weighted by molar-refractivity contribution is 5.50. The van der Waals surface area contributed by atoms with Gasteiger partial charge in [0.05, 0.1) is 7.11 Å². The summed E-state index contributed by atoms with van der Waals surface area (Å²) in [6.07, 6.45) is 9.12. The molecule has 1 aromatic rings. The lowest BCUT2D eigenvalue weighted by atomic mass is 10.0. The summed E-state index contributed by atoms with van der Waals surface area (Å²) in [6, 6.07) is 5.79. The molecule has 144 valence electrons. The molecule has 26 heavy (non-hydrogen) atoms. The number of ether oxygens (including phenoxy) is 2. The summed E-state index contributed by atoms with van der Waals surface area (Å²) in [6.45, 7) is 7.81. The predicted molar refractivity (Wildman–Crippen MR) is 105 cm³/mol. The second kappa shape index (κ2) is 8.18. The van der Waals surface area contributed by atoms with Gasteiger partial charge >= 0.3 is 0 Å². The van der Waals surface area contributed by atoms with E-state index in [2.05, 4.69) is 28.9 Å². The van der Waals surface area contributed by atoms with Gasteiger partial charge in [0.25, 0.3) is 0 Å². The smallest absolute Gasteiger partial charge is 0.161 e. The van der Waals surface area contributed by atoms with Gasteiger partial charge in [-0.2, -0.15) is 0 Å². The number of methoxy groups -OCH3 is 1. The molecule has 3 aliphatic rings. The van der Waals surface area contributed by atoms with E-state index in [9.17, 15) is 0 Å². The maximum Gasteiger partial charge on any atom is 0.161 e. The molecule has 2 atom stereocenters. The van der Waals surface area contributed by atoms with Crippen LogP contribution in [0.5, 0.6) is 11.5 Å². The number of fused-ring (bicyclic) bond motifs is 1. The zero-order valence-corrected chi connectivity index (χ0v) is 16.5. The fraction of sp³-hybridized carbons (Fsp3) is 0.727. The third-order valence-electron chi connectivity index (χ3n) is 6.63. The van der Waals surface area contributed by atoms with Crippen LogP contribution in [-0.2, 0) is 6.42 Å². The molecule has 0 N–H and O–H groups in total. The Bertz CT molecular complexity index is 612. The molecule has 0 spiro atoms. The van der Waals surface area contributed by atoms with E-state index in [1.807, 2.05) is 0 Å². The highest BCUT2D eigenvalue weighted by Gasteiger charge is 2.31. The molecule has 1 aliphatic carbocycles. The van der Waals surface area contributed by atoms with Crippen LogP contribution >= 0.6 is 0 Å². The van der Waals surface area contributed by atoms with Gasteiger partial charge in [0.15, 0.2) is 11.5 Å². The van der Waals surface area contributed by atoms with Gasteiger partial charge in [-0.25, -0.2) is 0 Å². The standard InChI is InChI=1S/C22H34N2O2/c1-17-7-3-4-10-23(17)13-14-26-22-15-18-8-9-20(24-11-5-6-12-24)19(18)16-21(22)25-2/h15-17,20H,3-14H2,1-2H3. The van der Waals surface area contributed by atoms with Crippen molar-refractivity contribution in [2.45, 2.75) is 64.0 Å². The van der Waals surface area contributed by atoms with Gasteiger partial charge in [-0.05, 0) is 88.3 Å². The molecule has 1 aromatic carbocycles. The van der Waals surface area contributed by atoms with Gasteiger partial charge in [-0.3, -0.25) is 9.80 Å². The number of rotatable bonds is 6. The second-order valence-electron chi connectivity index (χ2n) is 8.23. The molecule has 0 bridgehead atoms. The summed E-state index contributed by atoms with van der Waals surface area (Å²) in [7, 11) is 1.76. The first-order valence-electron chi connectivity index (χ1n) is 10.6. The van der Waals surface area contributed by atoms with Crippen LogP contribution < -0.4 is 9.47 Å². The van der Waals surface area contributed by atoms with Crippen LogP contribution in [0.2, 0.25) is 0 Å². The molecule has 4 rings (SSSR count). The van der Waals surface area contributed by atoms with Crippen LogP contribution in [0.4, 0.5) is 0 Å². The van der Waals surface area contributed by atoms with Crippen LogP contribution in [0.1, 0.15) is 62.6 Å². The lowest BCUT2D eigenvalue weighted by molar-refractivity contribution is 0.132. The van der Waals surface area contributed by atoms with E-state index in [0.29, 0.717) is 12.1 Å². The molecule has 0 aromatic heterocycles. The Morgan fingerprint density at radius 1 is 1.00 bits per heavy atom. The minimum atomic E-state index is 0.588. The molecule has 4 heteroatoms. The van der Waals surface area contributed by atoms with Gasteiger partial charge in [0.2, 0.25) is 0 Å². The molecule has 2 saturated heterocycles. The van der Waals surface area contributed by atoms with Gasteiger partial charge < -0.3 is 9.47 Å². The Hall–Kier alpha value is -1.26. The molecule has 2 aliphatic heterocycles. The zero-order valence-electron chi connectivity index (χ0n) is 16.5. The van der Waals surface area contributed by atoms with Crippen molar-refractivity contribution in [2.75, 3.05) is 39.9 Å². The van der Waals surface area contributed by atoms with Crippen molar-refractivity contribution in [3.05, 3.63) is 23.3 Å². The topological polar surface area (TPSA) is 24.9 Å². The number of nitrogens with zero attached hydrogens (tertiary/aromatic N) is 2. The largest absolute Gasteiger partial charge is 0.493 e. The van der Waals surface area contributed by atoms with Crippen LogP contribution in [0.25, 0.3) is 0 Å². The third kappa shape index (κ3) is 3.72. The molecule has 2 heterocycles. The van der Waals surface area contributed by atoms with E-state index in [1.165, 1.54) is 75.7 Å². The summed E-state index contributed by atoms with van der Waals surface area (Å²) in [5.74, 6) is 1.83. The van der Waals surface area contributed by atoms with Gasteiger partial charge in [-0.15, -0.1) is 0 Å². The monoisotopic (exact) mass is 358 g/mol. The van der Waals surface area contributed by atoms with Gasteiger partial charge in [0, 0.05) is 18.6 Å². The first-order valence-corrected chi connectivity index (χ1v) is 10.6. The van der Waals surface area contributed by atoms with Crippen LogP contribution in [-0.4, -0.2) is 55.7 Å². The second-order valence-corrected chi connectivity index (χ2v) is 8.23. The SMILES string of the molecule is COc1cc2c(cc1OCCN1CCCCC1C)CCC2N1CCCC1. The van der Waals surface area contributed by atoms with Crippen molar-refractivity contribution >= 4 is 0 Å². The minimum Gasteiger partial charge on any atom is -0.493 e. The van der Waals surface area contributed by atoms with Crippen molar-refractivity contribution in [1.29, 1.82) is 0 Å².